The highest BCUT2D eigenvalue weighted by atomic mass is 16.2. The summed E-state index contributed by atoms with van der Waals surface area (Å²) in [4.78, 5) is 39.3. The Labute approximate surface area is 166 Å². The van der Waals surface area contributed by atoms with Crippen molar-refractivity contribution in [3.05, 3.63) is 65.9 Å². The first-order chi connectivity index (χ1) is 14.0. The lowest BCUT2D eigenvalue weighted by Gasteiger charge is -2.23. The second-order valence-corrected chi connectivity index (χ2v) is 6.92. The number of carbonyl (C=O) groups is 2. The van der Waals surface area contributed by atoms with Crippen LogP contribution in [0.1, 0.15) is 34.8 Å². The van der Waals surface area contributed by atoms with Crippen LogP contribution in [0.5, 0.6) is 0 Å². The quantitative estimate of drug-likeness (QED) is 0.427. The second-order valence-electron chi connectivity index (χ2n) is 6.92. The molecule has 0 spiro atoms. The number of hydrogen-bond acceptors (Lipinski definition) is 5. The van der Waals surface area contributed by atoms with Crippen molar-refractivity contribution in [2.75, 3.05) is 5.43 Å². The minimum atomic E-state index is -0.559. The van der Waals surface area contributed by atoms with Crippen LogP contribution in [0.15, 0.2) is 54.5 Å². The third-order valence-electron chi connectivity index (χ3n) is 4.99. The fraction of sp³-hybridized carbons (Fsp3) is 0.200. The van der Waals surface area contributed by atoms with Crippen molar-refractivity contribution in [1.29, 1.82) is 0 Å². The Balaban J connectivity index is 1.44. The molecule has 148 valence electrons. The fourth-order valence-corrected chi connectivity index (χ4v) is 3.11. The van der Waals surface area contributed by atoms with E-state index in [1.165, 1.54) is 6.33 Å². The Morgan fingerprint density at radius 1 is 1.14 bits per heavy atom. The SMILES string of the molecule is CC1C=CC=C(NC(=O)c2[nH]cnc2C(=O)NNc2nc3ccccc3[nH]2)C1C. The van der Waals surface area contributed by atoms with Crippen LogP contribution in [-0.4, -0.2) is 31.8 Å². The number of H-pyrrole nitrogens is 2. The molecule has 2 atom stereocenters. The van der Waals surface area contributed by atoms with E-state index >= 15 is 0 Å². The fourth-order valence-electron chi connectivity index (χ4n) is 3.11. The van der Waals surface area contributed by atoms with Crippen LogP contribution >= 0.6 is 0 Å². The van der Waals surface area contributed by atoms with E-state index in [0.29, 0.717) is 11.9 Å². The molecule has 9 heteroatoms. The van der Waals surface area contributed by atoms with E-state index in [-0.39, 0.29) is 17.3 Å². The number of amides is 2. The van der Waals surface area contributed by atoms with Gasteiger partial charge in [0.25, 0.3) is 11.8 Å². The van der Waals surface area contributed by atoms with E-state index in [1.54, 1.807) is 0 Å². The Kier molecular flexibility index (Phi) is 4.86. The zero-order valence-corrected chi connectivity index (χ0v) is 16.0. The van der Waals surface area contributed by atoms with Gasteiger partial charge in [0, 0.05) is 11.6 Å². The number of hydrogen-bond donors (Lipinski definition) is 5. The number of imidazole rings is 2. The van der Waals surface area contributed by atoms with Crippen molar-refractivity contribution >= 4 is 28.8 Å². The second kappa shape index (κ2) is 7.63. The predicted octanol–water partition coefficient (Wildman–Crippen LogP) is 2.50. The number of benzene rings is 1. The summed E-state index contributed by atoms with van der Waals surface area (Å²) in [7, 11) is 0. The van der Waals surface area contributed by atoms with Gasteiger partial charge in [-0.2, -0.15) is 0 Å². The zero-order valence-electron chi connectivity index (χ0n) is 16.0. The average Bonchev–Trinajstić information content (AvgIpc) is 3.36. The molecular weight excluding hydrogens is 370 g/mol. The van der Waals surface area contributed by atoms with Crippen LogP contribution in [-0.2, 0) is 0 Å². The van der Waals surface area contributed by atoms with E-state index in [9.17, 15) is 9.59 Å². The summed E-state index contributed by atoms with van der Waals surface area (Å²) in [5, 5.41) is 2.87. The lowest BCUT2D eigenvalue weighted by atomic mass is 9.88. The molecule has 3 aromatic rings. The molecule has 5 N–H and O–H groups in total. The van der Waals surface area contributed by atoms with Gasteiger partial charge < -0.3 is 15.3 Å². The number of para-hydroxylation sites is 2. The number of nitrogens with one attached hydrogen (secondary N) is 5. The van der Waals surface area contributed by atoms with Crippen molar-refractivity contribution in [3.63, 3.8) is 0 Å². The van der Waals surface area contributed by atoms with Crippen LogP contribution in [0.3, 0.4) is 0 Å². The summed E-state index contributed by atoms with van der Waals surface area (Å²) in [6.45, 7) is 4.12. The maximum Gasteiger partial charge on any atom is 0.290 e. The summed E-state index contributed by atoms with van der Waals surface area (Å²) in [6, 6.07) is 7.49. The molecule has 9 nitrogen and oxygen atoms in total. The van der Waals surface area contributed by atoms with Crippen LogP contribution in [0.25, 0.3) is 11.0 Å². The Bertz CT molecular complexity index is 1090. The number of aromatic amines is 2. The Morgan fingerprint density at radius 3 is 2.79 bits per heavy atom. The number of anilines is 1. The van der Waals surface area contributed by atoms with Gasteiger partial charge in [0.15, 0.2) is 5.69 Å². The molecule has 0 saturated heterocycles. The Hall–Kier alpha value is -3.88. The molecule has 2 amide bonds. The molecule has 0 aliphatic heterocycles. The third-order valence-corrected chi connectivity index (χ3v) is 4.99. The molecule has 0 radical (unpaired) electrons. The average molecular weight is 391 g/mol. The van der Waals surface area contributed by atoms with Gasteiger partial charge in [-0.05, 0) is 24.1 Å². The van der Waals surface area contributed by atoms with Crippen LogP contribution in [0, 0.1) is 11.8 Å². The largest absolute Gasteiger partial charge is 0.340 e. The molecule has 1 aliphatic rings. The maximum absolute atomic E-state index is 12.7. The molecule has 2 aromatic heterocycles. The van der Waals surface area contributed by atoms with Gasteiger partial charge in [-0.1, -0.05) is 38.1 Å². The number of carbonyl (C=O) groups excluding carboxylic acids is 2. The molecule has 4 rings (SSSR count). The van der Waals surface area contributed by atoms with E-state index in [4.69, 9.17) is 0 Å². The molecule has 2 heterocycles. The van der Waals surface area contributed by atoms with Crippen molar-refractivity contribution in [1.82, 2.24) is 30.7 Å². The highest BCUT2D eigenvalue weighted by Gasteiger charge is 2.24. The van der Waals surface area contributed by atoms with Gasteiger partial charge >= 0.3 is 0 Å². The lowest BCUT2D eigenvalue weighted by molar-refractivity contribution is 0.0922. The first kappa shape index (κ1) is 18.5. The molecule has 29 heavy (non-hydrogen) atoms. The van der Waals surface area contributed by atoms with Gasteiger partial charge in [0.05, 0.1) is 17.4 Å². The van der Waals surface area contributed by atoms with Gasteiger partial charge in [-0.15, -0.1) is 0 Å². The minimum absolute atomic E-state index is 0.0150. The Morgan fingerprint density at radius 2 is 1.97 bits per heavy atom. The summed E-state index contributed by atoms with van der Waals surface area (Å²) in [5.41, 5.74) is 7.69. The summed E-state index contributed by atoms with van der Waals surface area (Å²) >= 11 is 0. The van der Waals surface area contributed by atoms with E-state index in [0.717, 1.165) is 16.7 Å². The first-order valence-electron chi connectivity index (χ1n) is 9.27. The maximum atomic E-state index is 12.7. The molecule has 0 bridgehead atoms. The van der Waals surface area contributed by atoms with Gasteiger partial charge in [0.2, 0.25) is 5.95 Å². The zero-order chi connectivity index (χ0) is 20.4. The van der Waals surface area contributed by atoms with Crippen LogP contribution in [0.4, 0.5) is 5.95 Å². The summed E-state index contributed by atoms with van der Waals surface area (Å²) in [5.74, 6) is -0.123. The minimum Gasteiger partial charge on any atom is -0.340 e. The number of hydrazine groups is 1. The number of rotatable bonds is 5. The molecule has 2 unspecified atom stereocenters. The van der Waals surface area contributed by atoms with Crippen molar-refractivity contribution in [3.8, 4) is 0 Å². The number of fused-ring (bicyclic) bond motifs is 1. The van der Waals surface area contributed by atoms with E-state index in [2.05, 4.69) is 49.1 Å². The third kappa shape index (κ3) is 3.75. The van der Waals surface area contributed by atoms with Crippen molar-refractivity contribution in [2.45, 2.75) is 13.8 Å². The number of allylic oxidation sites excluding steroid dienone is 4. The standard InChI is InChI=1S/C20H21N7O2/c1-11-6-5-9-13(12(11)2)23-18(28)16-17(22-10-21-16)19(29)26-27-20-24-14-7-3-4-8-15(14)25-20/h3-12H,1-2H3,(H,21,22)(H,23,28)(H,26,29)(H2,24,25,27). The number of nitrogens with zero attached hydrogens (tertiary/aromatic N) is 2. The predicted molar refractivity (Wildman–Crippen MR) is 109 cm³/mol. The highest BCUT2D eigenvalue weighted by molar-refractivity contribution is 6.05. The topological polar surface area (TPSA) is 128 Å². The summed E-state index contributed by atoms with van der Waals surface area (Å²) < 4.78 is 0. The highest BCUT2D eigenvalue weighted by Crippen LogP contribution is 2.24. The molecule has 1 aromatic carbocycles. The van der Waals surface area contributed by atoms with Gasteiger partial charge in [0.1, 0.15) is 5.69 Å². The number of aromatic nitrogens is 4. The van der Waals surface area contributed by atoms with Gasteiger partial charge in [-0.25, -0.2) is 9.97 Å². The van der Waals surface area contributed by atoms with Crippen molar-refractivity contribution < 1.29 is 9.59 Å². The van der Waals surface area contributed by atoms with E-state index in [1.807, 2.05) is 43.3 Å². The van der Waals surface area contributed by atoms with Crippen LogP contribution < -0.4 is 16.2 Å². The normalized spacial score (nSPS) is 18.3. The lowest BCUT2D eigenvalue weighted by Crippen LogP contribution is -2.34. The first-order valence-corrected chi connectivity index (χ1v) is 9.27. The molecular formula is C20H21N7O2. The molecule has 1 aliphatic carbocycles. The van der Waals surface area contributed by atoms with Gasteiger partial charge in [-0.3, -0.25) is 20.4 Å². The smallest absolute Gasteiger partial charge is 0.290 e. The molecule has 0 saturated carbocycles. The van der Waals surface area contributed by atoms with Crippen molar-refractivity contribution in [2.24, 2.45) is 11.8 Å². The molecule has 0 fully saturated rings. The summed E-state index contributed by atoms with van der Waals surface area (Å²) in [6.07, 6.45) is 7.17. The monoisotopic (exact) mass is 391 g/mol. The van der Waals surface area contributed by atoms with Crippen LogP contribution in [0.2, 0.25) is 0 Å². The van der Waals surface area contributed by atoms with E-state index < -0.39 is 11.8 Å².